The summed E-state index contributed by atoms with van der Waals surface area (Å²) < 4.78 is 39.8. The molecule has 0 aromatic carbocycles. The van der Waals surface area contributed by atoms with E-state index in [0.29, 0.717) is 19.4 Å². The van der Waals surface area contributed by atoms with Crippen LogP contribution in [-0.2, 0) is 11.0 Å². The van der Waals surface area contributed by atoms with Gasteiger partial charge in [0.25, 0.3) is 5.78 Å². The normalized spacial score (nSPS) is 19.4. The van der Waals surface area contributed by atoms with E-state index >= 15 is 0 Å². The smallest absolute Gasteiger partial charge is 0.433 e. The summed E-state index contributed by atoms with van der Waals surface area (Å²) in [5.41, 5.74) is -1.12. The quantitative estimate of drug-likeness (QED) is 0.897. The van der Waals surface area contributed by atoms with E-state index in [4.69, 9.17) is 0 Å². The van der Waals surface area contributed by atoms with Gasteiger partial charge in [0, 0.05) is 12.6 Å². The zero-order valence-electron chi connectivity index (χ0n) is 10.6. The van der Waals surface area contributed by atoms with E-state index in [1.54, 1.807) is 0 Å². The zero-order valence-corrected chi connectivity index (χ0v) is 10.6. The van der Waals surface area contributed by atoms with Gasteiger partial charge in [0.15, 0.2) is 5.69 Å². The molecule has 1 aliphatic rings. The predicted molar refractivity (Wildman–Crippen MR) is 63.8 cm³/mol. The maximum atomic E-state index is 12.9. The Kier molecular flexibility index (Phi) is 2.96. The summed E-state index contributed by atoms with van der Waals surface area (Å²) in [6.07, 6.45) is -2.61. The minimum atomic E-state index is -4.64. The Morgan fingerprint density at radius 2 is 2.19 bits per heavy atom. The maximum absolute atomic E-state index is 12.9. The topological polar surface area (TPSA) is 83.6 Å². The predicted octanol–water partition coefficient (Wildman–Crippen LogP) is 1.20. The van der Waals surface area contributed by atoms with E-state index in [2.05, 4.69) is 15.1 Å². The molecule has 1 N–H and O–H groups in total. The molecule has 2 aromatic rings. The molecule has 0 radical (unpaired) electrons. The van der Waals surface area contributed by atoms with Crippen LogP contribution in [0.3, 0.4) is 0 Å². The molecule has 0 spiro atoms. The maximum Gasteiger partial charge on any atom is 0.433 e. The summed E-state index contributed by atoms with van der Waals surface area (Å²) in [5.74, 6) is -1.25. The molecular formula is C11H10F3N5O2. The summed E-state index contributed by atoms with van der Waals surface area (Å²) in [4.78, 5) is 19.7. The highest BCUT2D eigenvalue weighted by molar-refractivity contribution is 5.78. The summed E-state index contributed by atoms with van der Waals surface area (Å²) >= 11 is 0. The fourth-order valence-corrected chi connectivity index (χ4v) is 2.44. The van der Waals surface area contributed by atoms with Crippen LogP contribution in [0.2, 0.25) is 0 Å². The second-order valence-corrected chi connectivity index (χ2v) is 4.66. The number of carboxylic acids is 1. The summed E-state index contributed by atoms with van der Waals surface area (Å²) in [6.45, 7) is 0.341. The van der Waals surface area contributed by atoms with Gasteiger partial charge in [0.1, 0.15) is 18.2 Å². The minimum absolute atomic E-state index is 0.0368. The molecular weight excluding hydrogens is 291 g/mol. The molecule has 7 nitrogen and oxygen atoms in total. The van der Waals surface area contributed by atoms with E-state index in [1.807, 2.05) is 0 Å². The number of rotatable bonds is 2. The van der Waals surface area contributed by atoms with E-state index in [1.165, 1.54) is 4.90 Å². The lowest BCUT2D eigenvalue weighted by molar-refractivity contribution is -0.141. The Balaban J connectivity index is 2.16. The van der Waals surface area contributed by atoms with E-state index < -0.39 is 23.9 Å². The highest BCUT2D eigenvalue weighted by atomic mass is 19.4. The van der Waals surface area contributed by atoms with Gasteiger partial charge >= 0.3 is 12.1 Å². The number of aliphatic carboxylic acids is 1. The third-order valence-corrected chi connectivity index (χ3v) is 3.36. The Hall–Kier alpha value is -2.39. The molecule has 1 fully saturated rings. The number of hydrogen-bond acceptors (Lipinski definition) is 5. The first-order valence-electron chi connectivity index (χ1n) is 6.15. The van der Waals surface area contributed by atoms with Gasteiger partial charge in [-0.25, -0.2) is 9.78 Å². The van der Waals surface area contributed by atoms with Crippen LogP contribution in [0, 0.1) is 0 Å². The number of halogens is 3. The molecule has 1 aliphatic heterocycles. The standard InChI is InChI=1S/C11H10F3N5O2/c12-11(13,14)7-4-8(19-10(17-7)15-5-16-19)18-3-1-2-6(18)9(20)21/h4-6H,1-3H2,(H,20,21)/t6-/m0/s1. The van der Waals surface area contributed by atoms with Crippen LogP contribution < -0.4 is 4.90 Å². The highest BCUT2D eigenvalue weighted by Crippen LogP contribution is 2.32. The highest BCUT2D eigenvalue weighted by Gasteiger charge is 2.37. The molecule has 3 rings (SSSR count). The van der Waals surface area contributed by atoms with Crippen molar-refractivity contribution in [1.29, 1.82) is 0 Å². The van der Waals surface area contributed by atoms with Crippen molar-refractivity contribution < 1.29 is 23.1 Å². The van der Waals surface area contributed by atoms with Gasteiger partial charge in [0.05, 0.1) is 0 Å². The third-order valence-electron chi connectivity index (χ3n) is 3.36. The van der Waals surface area contributed by atoms with Crippen LogP contribution >= 0.6 is 0 Å². The van der Waals surface area contributed by atoms with Crippen LogP contribution in [0.15, 0.2) is 12.4 Å². The number of carbonyl (C=O) groups is 1. The molecule has 21 heavy (non-hydrogen) atoms. The van der Waals surface area contributed by atoms with Crippen molar-refractivity contribution in [2.75, 3.05) is 11.4 Å². The van der Waals surface area contributed by atoms with Crippen molar-refractivity contribution in [1.82, 2.24) is 19.6 Å². The number of fused-ring (bicyclic) bond motifs is 1. The van der Waals surface area contributed by atoms with E-state index in [-0.39, 0.29) is 11.6 Å². The van der Waals surface area contributed by atoms with Gasteiger partial charge in [-0.3, -0.25) is 0 Å². The molecule has 0 bridgehead atoms. The molecule has 112 valence electrons. The Morgan fingerprint density at radius 3 is 2.86 bits per heavy atom. The molecule has 0 saturated carbocycles. The van der Waals surface area contributed by atoms with Gasteiger partial charge in [-0.05, 0) is 12.8 Å². The summed E-state index contributed by atoms with van der Waals surface area (Å²) in [6, 6.07) is -0.0657. The monoisotopic (exact) mass is 301 g/mol. The lowest BCUT2D eigenvalue weighted by atomic mass is 10.2. The molecule has 1 saturated heterocycles. The SMILES string of the molecule is O=C(O)[C@@H]1CCCN1c1cc(C(F)(F)F)nc2ncnn12. The van der Waals surface area contributed by atoms with Crippen molar-refractivity contribution >= 4 is 17.6 Å². The zero-order chi connectivity index (χ0) is 15.2. The number of alkyl halides is 3. The molecule has 3 heterocycles. The van der Waals surface area contributed by atoms with E-state index in [0.717, 1.165) is 16.9 Å². The lowest BCUT2D eigenvalue weighted by Crippen LogP contribution is -2.37. The van der Waals surface area contributed by atoms with Crippen molar-refractivity contribution in [2.45, 2.75) is 25.1 Å². The summed E-state index contributed by atoms with van der Waals surface area (Å²) in [5, 5.41) is 13.0. The second-order valence-electron chi connectivity index (χ2n) is 4.66. The number of hydrogen-bond donors (Lipinski definition) is 1. The molecule has 0 amide bonds. The summed E-state index contributed by atoms with van der Waals surface area (Å²) in [7, 11) is 0. The van der Waals surface area contributed by atoms with Crippen molar-refractivity contribution in [2.24, 2.45) is 0 Å². The number of anilines is 1. The van der Waals surface area contributed by atoms with Crippen LogP contribution in [0.1, 0.15) is 18.5 Å². The van der Waals surface area contributed by atoms with Crippen LogP contribution in [0.5, 0.6) is 0 Å². The van der Waals surface area contributed by atoms with Crippen molar-refractivity contribution in [3.05, 3.63) is 18.1 Å². The minimum Gasteiger partial charge on any atom is -0.480 e. The largest absolute Gasteiger partial charge is 0.480 e. The molecule has 0 unspecified atom stereocenters. The molecule has 10 heteroatoms. The third kappa shape index (κ3) is 2.26. The van der Waals surface area contributed by atoms with Crippen LogP contribution in [0.25, 0.3) is 5.78 Å². The first-order valence-corrected chi connectivity index (χ1v) is 6.15. The average molecular weight is 301 g/mol. The number of nitrogens with zero attached hydrogens (tertiary/aromatic N) is 5. The van der Waals surface area contributed by atoms with Crippen molar-refractivity contribution in [3.8, 4) is 0 Å². The molecule has 2 aromatic heterocycles. The van der Waals surface area contributed by atoms with Gasteiger partial charge in [0.2, 0.25) is 0 Å². The Bertz CT molecular complexity index is 699. The average Bonchev–Trinajstić information content (AvgIpc) is 3.05. The molecule has 0 aliphatic carbocycles. The van der Waals surface area contributed by atoms with Crippen molar-refractivity contribution in [3.63, 3.8) is 0 Å². The van der Waals surface area contributed by atoms with E-state index in [9.17, 15) is 23.1 Å². The van der Waals surface area contributed by atoms with Gasteiger partial charge in [-0.15, -0.1) is 0 Å². The first kappa shape index (κ1) is 13.6. The second kappa shape index (κ2) is 4.57. The molecule has 1 atom stereocenters. The van der Waals surface area contributed by atoms with Crippen LogP contribution in [-0.4, -0.2) is 43.2 Å². The first-order chi connectivity index (χ1) is 9.88. The Morgan fingerprint density at radius 1 is 1.43 bits per heavy atom. The van der Waals surface area contributed by atoms with Gasteiger partial charge in [-0.1, -0.05) is 0 Å². The fraction of sp³-hybridized carbons (Fsp3) is 0.455. The number of aromatic nitrogens is 4. The number of carboxylic acid groups (broad SMARTS) is 1. The lowest BCUT2D eigenvalue weighted by Gasteiger charge is -2.24. The Labute approximate surface area is 116 Å². The fourth-order valence-electron chi connectivity index (χ4n) is 2.44. The van der Waals surface area contributed by atoms with Gasteiger partial charge < -0.3 is 10.0 Å². The van der Waals surface area contributed by atoms with Crippen LogP contribution in [0.4, 0.5) is 19.0 Å². The van der Waals surface area contributed by atoms with Gasteiger partial charge in [-0.2, -0.15) is 27.8 Å².